The maximum atomic E-state index is 13.0. The second kappa shape index (κ2) is 6.33. The second-order valence-corrected chi connectivity index (χ2v) is 5.38. The Morgan fingerprint density at radius 1 is 1.35 bits per heavy atom. The van der Waals surface area contributed by atoms with Crippen molar-refractivity contribution in [1.29, 1.82) is 0 Å². The zero-order valence-corrected chi connectivity index (χ0v) is 12.9. The summed E-state index contributed by atoms with van der Waals surface area (Å²) in [7, 11) is 1.46. The maximum Gasteiger partial charge on any atom is 0.162 e. The number of halogens is 3. The molecule has 2 aromatic rings. The highest BCUT2D eigenvalue weighted by Crippen LogP contribution is 2.34. The average molecular weight is 361 g/mol. The van der Waals surface area contributed by atoms with Gasteiger partial charge in [-0.2, -0.15) is 0 Å². The average Bonchev–Trinajstić information content (AvgIpc) is 2.41. The van der Waals surface area contributed by atoms with Crippen LogP contribution < -0.4 is 10.1 Å². The number of phenolic OH excluding ortho intramolecular Hbond substituents is 1. The van der Waals surface area contributed by atoms with Gasteiger partial charge >= 0.3 is 0 Å². The third kappa shape index (κ3) is 3.35. The smallest absolute Gasteiger partial charge is 0.162 e. The molecule has 0 amide bonds. The SMILES string of the molecule is COc1cc(Cl)cc(CNc2ccc(F)cc2Br)c1O. The molecule has 0 bridgehead atoms. The van der Waals surface area contributed by atoms with E-state index in [4.69, 9.17) is 16.3 Å². The summed E-state index contributed by atoms with van der Waals surface area (Å²) >= 11 is 9.22. The highest BCUT2D eigenvalue weighted by atomic mass is 79.9. The van der Waals surface area contributed by atoms with E-state index in [1.165, 1.54) is 25.3 Å². The molecule has 0 spiro atoms. The minimum absolute atomic E-state index is 0.0302. The fraction of sp³-hybridized carbons (Fsp3) is 0.143. The van der Waals surface area contributed by atoms with Crippen LogP contribution in [0.1, 0.15) is 5.56 Å². The van der Waals surface area contributed by atoms with Gasteiger partial charge in [-0.1, -0.05) is 11.6 Å². The molecule has 0 aromatic heterocycles. The number of methoxy groups -OCH3 is 1. The normalized spacial score (nSPS) is 10.4. The molecule has 0 saturated carbocycles. The zero-order chi connectivity index (χ0) is 14.7. The molecule has 2 aromatic carbocycles. The summed E-state index contributed by atoms with van der Waals surface area (Å²) in [6.45, 7) is 0.326. The minimum Gasteiger partial charge on any atom is -0.504 e. The molecule has 0 aliphatic carbocycles. The molecular formula is C14H12BrClFNO2. The molecule has 0 heterocycles. The Morgan fingerprint density at radius 3 is 2.75 bits per heavy atom. The molecule has 3 nitrogen and oxygen atoms in total. The molecule has 20 heavy (non-hydrogen) atoms. The number of nitrogens with one attached hydrogen (secondary N) is 1. The van der Waals surface area contributed by atoms with Gasteiger partial charge in [-0.15, -0.1) is 0 Å². The first-order chi connectivity index (χ1) is 9.51. The number of aromatic hydroxyl groups is 1. The number of benzene rings is 2. The molecule has 0 saturated heterocycles. The lowest BCUT2D eigenvalue weighted by atomic mass is 10.1. The monoisotopic (exact) mass is 359 g/mol. The third-order valence-corrected chi connectivity index (χ3v) is 3.61. The van der Waals surface area contributed by atoms with Gasteiger partial charge in [-0.25, -0.2) is 4.39 Å². The number of hydrogen-bond donors (Lipinski definition) is 2. The van der Waals surface area contributed by atoms with Gasteiger partial charge in [0.1, 0.15) is 5.82 Å². The Kier molecular flexibility index (Phi) is 4.73. The van der Waals surface area contributed by atoms with Crippen molar-refractivity contribution < 1.29 is 14.2 Å². The summed E-state index contributed by atoms with van der Waals surface area (Å²) in [5.74, 6) is 0.0183. The van der Waals surface area contributed by atoms with Crippen LogP contribution in [0, 0.1) is 5.82 Å². The predicted molar refractivity (Wildman–Crippen MR) is 81.1 cm³/mol. The van der Waals surface area contributed by atoms with Gasteiger partial charge in [-0.05, 0) is 40.2 Å². The summed E-state index contributed by atoms with van der Waals surface area (Å²) in [5.41, 5.74) is 1.30. The molecular weight excluding hydrogens is 349 g/mol. The van der Waals surface area contributed by atoms with E-state index in [1.807, 2.05) is 0 Å². The lowest BCUT2D eigenvalue weighted by molar-refractivity contribution is 0.371. The third-order valence-electron chi connectivity index (χ3n) is 2.74. The van der Waals surface area contributed by atoms with Crippen molar-refractivity contribution >= 4 is 33.2 Å². The highest BCUT2D eigenvalue weighted by molar-refractivity contribution is 9.10. The first kappa shape index (κ1) is 14.9. The van der Waals surface area contributed by atoms with Crippen molar-refractivity contribution in [3.8, 4) is 11.5 Å². The standard InChI is InChI=1S/C14H12BrClFNO2/c1-20-13-5-9(16)4-8(14(13)19)7-18-12-3-2-10(17)6-11(12)15/h2-6,18-19H,7H2,1H3. The number of anilines is 1. The van der Waals surface area contributed by atoms with E-state index in [9.17, 15) is 9.50 Å². The lowest BCUT2D eigenvalue weighted by Crippen LogP contribution is -2.01. The number of hydrogen-bond acceptors (Lipinski definition) is 3. The van der Waals surface area contributed by atoms with Gasteiger partial charge in [-0.3, -0.25) is 0 Å². The Morgan fingerprint density at radius 2 is 2.10 bits per heavy atom. The topological polar surface area (TPSA) is 41.5 Å². The number of rotatable bonds is 4. The van der Waals surface area contributed by atoms with Crippen LogP contribution in [0.5, 0.6) is 11.5 Å². The van der Waals surface area contributed by atoms with Crippen LogP contribution in [-0.2, 0) is 6.54 Å². The van der Waals surface area contributed by atoms with Crippen LogP contribution in [0.2, 0.25) is 5.02 Å². The van der Waals surface area contributed by atoms with Gasteiger partial charge in [0.25, 0.3) is 0 Å². The van der Waals surface area contributed by atoms with E-state index < -0.39 is 0 Å². The highest BCUT2D eigenvalue weighted by Gasteiger charge is 2.10. The molecule has 2 N–H and O–H groups in total. The molecule has 0 unspecified atom stereocenters. The summed E-state index contributed by atoms with van der Waals surface area (Å²) < 4.78 is 18.6. The van der Waals surface area contributed by atoms with Crippen molar-refractivity contribution in [3.63, 3.8) is 0 Å². The van der Waals surface area contributed by atoms with E-state index in [1.54, 1.807) is 12.1 Å². The summed E-state index contributed by atoms with van der Waals surface area (Å²) in [5, 5.41) is 13.6. The number of phenols is 1. The molecule has 0 atom stereocenters. The lowest BCUT2D eigenvalue weighted by Gasteiger charge is -2.12. The molecule has 0 radical (unpaired) electrons. The van der Waals surface area contributed by atoms with Crippen molar-refractivity contribution in [1.82, 2.24) is 0 Å². The fourth-order valence-electron chi connectivity index (χ4n) is 1.74. The van der Waals surface area contributed by atoms with E-state index >= 15 is 0 Å². The van der Waals surface area contributed by atoms with Crippen LogP contribution in [0.15, 0.2) is 34.8 Å². The van der Waals surface area contributed by atoms with Crippen molar-refractivity contribution in [2.75, 3.05) is 12.4 Å². The van der Waals surface area contributed by atoms with Gasteiger partial charge in [0.2, 0.25) is 0 Å². The molecule has 6 heteroatoms. The van der Waals surface area contributed by atoms with Crippen LogP contribution in [-0.4, -0.2) is 12.2 Å². The Hall–Kier alpha value is -1.46. The van der Waals surface area contributed by atoms with Gasteiger partial charge in [0.05, 0.1) is 7.11 Å². The van der Waals surface area contributed by atoms with E-state index in [0.29, 0.717) is 33.0 Å². The minimum atomic E-state index is -0.324. The first-order valence-electron chi connectivity index (χ1n) is 5.75. The molecule has 0 fully saturated rings. The number of ether oxygens (including phenoxy) is 1. The van der Waals surface area contributed by atoms with E-state index in [-0.39, 0.29) is 11.6 Å². The van der Waals surface area contributed by atoms with Crippen LogP contribution >= 0.6 is 27.5 Å². The summed E-state index contributed by atoms with van der Waals surface area (Å²) in [4.78, 5) is 0. The van der Waals surface area contributed by atoms with E-state index in [0.717, 1.165) is 0 Å². The quantitative estimate of drug-likeness (QED) is 0.839. The largest absolute Gasteiger partial charge is 0.504 e. The Labute approximate surface area is 129 Å². The predicted octanol–water partition coefficient (Wildman–Crippen LogP) is 4.57. The molecule has 0 aliphatic heterocycles. The molecule has 106 valence electrons. The van der Waals surface area contributed by atoms with Gasteiger partial charge in [0.15, 0.2) is 11.5 Å². The first-order valence-corrected chi connectivity index (χ1v) is 6.92. The van der Waals surface area contributed by atoms with Crippen LogP contribution in [0.3, 0.4) is 0 Å². The van der Waals surface area contributed by atoms with E-state index in [2.05, 4.69) is 21.2 Å². The van der Waals surface area contributed by atoms with Crippen molar-refractivity contribution in [2.45, 2.75) is 6.54 Å². The molecule has 0 aliphatic rings. The van der Waals surface area contributed by atoms with Crippen LogP contribution in [0.4, 0.5) is 10.1 Å². The summed E-state index contributed by atoms with van der Waals surface area (Å²) in [6.07, 6.45) is 0. The zero-order valence-electron chi connectivity index (χ0n) is 10.6. The Balaban J connectivity index is 2.20. The maximum absolute atomic E-state index is 13.0. The van der Waals surface area contributed by atoms with Crippen molar-refractivity contribution in [2.24, 2.45) is 0 Å². The van der Waals surface area contributed by atoms with Gasteiger partial charge < -0.3 is 15.2 Å². The van der Waals surface area contributed by atoms with Gasteiger partial charge in [0, 0.05) is 33.4 Å². The fourth-order valence-corrected chi connectivity index (χ4v) is 2.46. The van der Waals surface area contributed by atoms with Crippen LogP contribution in [0.25, 0.3) is 0 Å². The summed E-state index contributed by atoms with van der Waals surface area (Å²) in [6, 6.07) is 7.50. The van der Waals surface area contributed by atoms with Crippen molar-refractivity contribution in [3.05, 3.63) is 51.2 Å². The Bertz CT molecular complexity index is 637. The molecule has 2 rings (SSSR count). The second-order valence-electron chi connectivity index (χ2n) is 4.09.